The molecule has 24 nitrogen and oxygen atoms in total. The van der Waals surface area contributed by atoms with Gasteiger partial charge in [-0.15, -0.1) is 0 Å². The van der Waals surface area contributed by atoms with Crippen LogP contribution in [-0.2, 0) is 109 Å². The van der Waals surface area contributed by atoms with Crippen molar-refractivity contribution in [3.8, 4) is 0 Å². The third-order valence-corrected chi connectivity index (χ3v) is 11.7. The molecule has 0 aromatic rings. The first kappa shape index (κ1) is 60.4. The summed E-state index contributed by atoms with van der Waals surface area (Å²) in [7, 11) is 1.03. The summed E-state index contributed by atoms with van der Waals surface area (Å²) >= 11 is 0.644. The van der Waals surface area contributed by atoms with E-state index in [1.165, 1.54) is 18.4 Å². The van der Waals surface area contributed by atoms with Crippen LogP contribution in [0, 0.1) is 0 Å². The van der Waals surface area contributed by atoms with Crippen LogP contribution in [0.3, 0.4) is 0 Å². The van der Waals surface area contributed by atoms with E-state index in [4.69, 9.17) is 66.3 Å². The smallest absolute Gasteiger partial charge is 0.349 e. The van der Waals surface area contributed by atoms with Gasteiger partial charge >= 0.3 is 47.8 Å². The first-order chi connectivity index (χ1) is 33.6. The van der Waals surface area contributed by atoms with Gasteiger partial charge in [0.1, 0.15) is 31.5 Å². The molecule has 1 amide bonds. The summed E-state index contributed by atoms with van der Waals surface area (Å²) in [5.74, 6) is -7.50. The monoisotopic (exact) mass is 1040 g/mol. The molecule has 0 aromatic carbocycles. The van der Waals surface area contributed by atoms with Crippen molar-refractivity contribution in [2.45, 2.75) is 179 Å². The molecule has 2 unspecified atom stereocenters. The Bertz CT molecular complexity index is 1820. The highest BCUT2D eigenvalue weighted by Crippen LogP contribution is 2.47. The lowest BCUT2D eigenvalue weighted by atomic mass is 9.89. The molecule has 0 aliphatic carbocycles. The standard InChI is InChI=1S/C46H69NO23S/c1-27(48)47-45(69-34(8)55)23-35(39(65-31(5)52)36(64-30(4)51)24-62-28(2)49)70-46(26-45,44(56)57-9)71-22-16-21-60-41-40(66-32(6)53)37(25-63-29(3)50)68-43(42(41)67-33(7)54)61-18-14-12-10-11-13-17-38-58-19-15-20-59-38/h16,22,35-43H,10-15,17-21,23-26H2,1-9H3,(H,47,48)/b22-16+/t35-,36?,37-,39?,40+,41+,42-,43-,45-,46+/m1/s1. The van der Waals surface area contributed by atoms with Gasteiger partial charge < -0.3 is 71.6 Å². The maximum Gasteiger partial charge on any atom is 0.349 e. The van der Waals surface area contributed by atoms with Crippen LogP contribution < -0.4 is 5.32 Å². The van der Waals surface area contributed by atoms with Crippen molar-refractivity contribution in [2.24, 2.45) is 0 Å². The van der Waals surface area contributed by atoms with Gasteiger partial charge in [-0.05, 0) is 31.1 Å². The predicted molar refractivity (Wildman–Crippen MR) is 242 cm³/mol. The number of ether oxygens (including phenoxy) is 14. The second kappa shape index (κ2) is 30.2. The molecule has 0 saturated carbocycles. The molecule has 3 fully saturated rings. The summed E-state index contributed by atoms with van der Waals surface area (Å²) in [5.41, 5.74) is -2.07. The van der Waals surface area contributed by atoms with Crippen LogP contribution in [0.15, 0.2) is 11.5 Å². The van der Waals surface area contributed by atoms with Gasteiger partial charge in [0.05, 0.1) is 33.4 Å². The van der Waals surface area contributed by atoms with Gasteiger partial charge in [-0.2, -0.15) is 0 Å². The molecule has 10 atom stereocenters. The SMILES string of the molecule is COC(=O)[C@@]1(S/C=C/CO[C@H]2[C@@H](OC(C)=O)[C@@H](COC(C)=O)O[C@@H](OCCCCCCCC3OCCCO3)[C@@H]2OC(C)=O)C[C@](NC(C)=O)(OC(C)=O)C[C@H](C(OC(C)=O)C(COC(C)=O)OC(C)=O)O1. The zero-order chi connectivity index (χ0) is 52.7. The third-order valence-electron chi connectivity index (χ3n) is 10.6. The van der Waals surface area contributed by atoms with Crippen molar-refractivity contribution in [1.82, 2.24) is 5.32 Å². The number of unbranched alkanes of at least 4 members (excludes halogenated alkanes) is 4. The Balaban J connectivity index is 1.97. The van der Waals surface area contributed by atoms with Crippen molar-refractivity contribution < 1.29 is 109 Å². The van der Waals surface area contributed by atoms with E-state index >= 15 is 0 Å². The zero-order valence-electron chi connectivity index (χ0n) is 41.8. The molecular weight excluding hydrogens is 967 g/mol. The fourth-order valence-electron chi connectivity index (χ4n) is 8.06. The van der Waals surface area contributed by atoms with Gasteiger partial charge in [-0.3, -0.25) is 38.4 Å². The molecule has 3 aliphatic rings. The lowest BCUT2D eigenvalue weighted by molar-refractivity contribution is -0.311. The van der Waals surface area contributed by atoms with E-state index in [0.29, 0.717) is 31.4 Å². The number of nitrogens with one attached hydrogen (secondary N) is 1. The summed E-state index contributed by atoms with van der Waals surface area (Å²) in [4.78, 5) is 111. The minimum Gasteiger partial charge on any atom is -0.466 e. The molecule has 71 heavy (non-hydrogen) atoms. The highest BCUT2D eigenvalue weighted by atomic mass is 32.2. The Morgan fingerprint density at radius 1 is 0.718 bits per heavy atom. The molecule has 3 heterocycles. The van der Waals surface area contributed by atoms with Crippen molar-refractivity contribution in [3.63, 3.8) is 0 Å². The van der Waals surface area contributed by atoms with Gasteiger partial charge in [0, 0.05) is 68.4 Å². The van der Waals surface area contributed by atoms with E-state index in [-0.39, 0.29) is 19.5 Å². The third kappa shape index (κ3) is 21.0. The first-order valence-electron chi connectivity index (χ1n) is 23.2. The summed E-state index contributed by atoms with van der Waals surface area (Å²) in [6.07, 6.45) is -5.36. The van der Waals surface area contributed by atoms with Crippen molar-refractivity contribution >= 4 is 65.4 Å². The molecule has 0 spiro atoms. The second-order valence-corrected chi connectivity index (χ2v) is 18.0. The summed E-state index contributed by atoms with van der Waals surface area (Å²) < 4.78 is 79.8. The van der Waals surface area contributed by atoms with Crippen molar-refractivity contribution in [2.75, 3.05) is 46.8 Å². The highest BCUT2D eigenvalue weighted by molar-refractivity contribution is 8.04. The quantitative estimate of drug-likeness (QED) is 0.0535. The zero-order valence-corrected chi connectivity index (χ0v) is 42.6. The Morgan fingerprint density at radius 3 is 1.94 bits per heavy atom. The Hall–Kier alpha value is -4.92. The lowest BCUT2D eigenvalue weighted by Gasteiger charge is -2.49. The molecule has 402 valence electrons. The molecule has 0 bridgehead atoms. The number of hydrogen-bond acceptors (Lipinski definition) is 24. The van der Waals surface area contributed by atoms with Crippen LogP contribution in [0.4, 0.5) is 0 Å². The highest BCUT2D eigenvalue weighted by Gasteiger charge is 2.60. The second-order valence-electron chi connectivity index (χ2n) is 16.8. The lowest BCUT2D eigenvalue weighted by Crippen LogP contribution is -2.66. The van der Waals surface area contributed by atoms with Crippen LogP contribution in [0.5, 0.6) is 0 Å². The van der Waals surface area contributed by atoms with Gasteiger partial charge in [0.2, 0.25) is 10.8 Å². The minimum absolute atomic E-state index is 0.159. The molecule has 3 aliphatic heterocycles. The van der Waals surface area contributed by atoms with E-state index in [1.807, 2.05) is 0 Å². The van der Waals surface area contributed by atoms with Crippen LogP contribution >= 0.6 is 11.8 Å². The molecule has 0 radical (unpaired) electrons. The number of carbonyl (C=O) groups is 9. The molecule has 3 saturated heterocycles. The maximum atomic E-state index is 14.0. The summed E-state index contributed by atoms with van der Waals surface area (Å²) in [6, 6.07) is 0. The number of carbonyl (C=O) groups excluding carboxylic acids is 9. The topological polar surface area (TPSA) is 295 Å². The molecule has 25 heteroatoms. The molecule has 1 N–H and O–H groups in total. The Morgan fingerprint density at radius 2 is 1.35 bits per heavy atom. The Kier molecular flexibility index (Phi) is 25.7. The average Bonchev–Trinajstić information content (AvgIpc) is 3.27. The predicted octanol–water partition coefficient (Wildman–Crippen LogP) is 2.76. The molecule has 0 aromatic heterocycles. The number of rotatable bonds is 27. The van der Waals surface area contributed by atoms with E-state index in [0.717, 1.165) is 94.1 Å². The van der Waals surface area contributed by atoms with Crippen LogP contribution in [0.25, 0.3) is 0 Å². The van der Waals surface area contributed by atoms with E-state index < -0.39 is 139 Å². The van der Waals surface area contributed by atoms with Gasteiger partial charge in [0.25, 0.3) is 0 Å². The minimum atomic E-state index is -2.27. The fraction of sp³-hybridized carbons (Fsp3) is 0.761. The number of hydrogen-bond donors (Lipinski definition) is 1. The van der Waals surface area contributed by atoms with Gasteiger partial charge in [-0.1, -0.05) is 37.1 Å². The first-order valence-corrected chi connectivity index (χ1v) is 24.1. The van der Waals surface area contributed by atoms with E-state index in [2.05, 4.69) is 5.32 Å². The Labute approximate surface area is 416 Å². The average molecular weight is 1040 g/mol. The van der Waals surface area contributed by atoms with Crippen LogP contribution in [0.2, 0.25) is 0 Å². The fourth-order valence-corrected chi connectivity index (χ4v) is 9.13. The van der Waals surface area contributed by atoms with Gasteiger partial charge in [0.15, 0.2) is 42.7 Å². The number of esters is 8. The number of methoxy groups -OCH3 is 1. The van der Waals surface area contributed by atoms with E-state index in [1.54, 1.807) is 0 Å². The van der Waals surface area contributed by atoms with Crippen LogP contribution in [-0.4, -0.2) is 166 Å². The van der Waals surface area contributed by atoms with Gasteiger partial charge in [-0.25, -0.2) is 4.79 Å². The maximum absolute atomic E-state index is 14.0. The molecule has 3 rings (SSSR count). The normalized spacial score (nSPS) is 26.4. The number of thioether (sulfide) groups is 1. The van der Waals surface area contributed by atoms with Crippen LogP contribution in [0.1, 0.15) is 113 Å². The van der Waals surface area contributed by atoms with Crippen molar-refractivity contribution in [3.05, 3.63) is 11.5 Å². The summed E-state index contributed by atoms with van der Waals surface area (Å²) in [5, 5.41) is 3.90. The van der Waals surface area contributed by atoms with E-state index in [9.17, 15) is 43.2 Å². The number of amides is 1. The largest absolute Gasteiger partial charge is 0.466 e. The van der Waals surface area contributed by atoms with Crippen molar-refractivity contribution in [1.29, 1.82) is 0 Å². The molecular formula is C46H69NO23S. The summed E-state index contributed by atoms with van der Waals surface area (Å²) in [6.45, 7) is 8.88.